The maximum Gasteiger partial charge on any atom is 0.211 e. The molecule has 0 radical (unpaired) electrons. The van der Waals surface area contributed by atoms with Crippen LogP contribution in [0.2, 0.25) is 0 Å². The molecule has 1 fully saturated rings. The minimum atomic E-state index is -0.348. The molecular formula is C34H42O2. The molecule has 0 N–H and O–H groups in total. The molecule has 0 bridgehead atoms. The van der Waals surface area contributed by atoms with Crippen LogP contribution in [0.4, 0.5) is 0 Å². The van der Waals surface area contributed by atoms with Crippen molar-refractivity contribution in [2.45, 2.75) is 96.4 Å². The number of fused-ring (bicyclic) bond motifs is 2. The van der Waals surface area contributed by atoms with E-state index in [1.54, 1.807) is 0 Å². The summed E-state index contributed by atoms with van der Waals surface area (Å²) in [5, 5.41) is 0. The first kappa shape index (κ1) is 25.1. The van der Waals surface area contributed by atoms with E-state index in [0.717, 1.165) is 25.0 Å². The second kappa shape index (κ2) is 11.6. The quantitative estimate of drug-likeness (QED) is 0.283. The minimum Gasteiger partial charge on any atom is -0.464 e. The van der Waals surface area contributed by atoms with Crippen LogP contribution in [-0.4, -0.2) is 12.4 Å². The van der Waals surface area contributed by atoms with Gasteiger partial charge in [-0.05, 0) is 83.9 Å². The van der Waals surface area contributed by atoms with Gasteiger partial charge in [0, 0.05) is 0 Å². The summed E-state index contributed by atoms with van der Waals surface area (Å²) >= 11 is 0. The maximum atomic E-state index is 6.88. The number of benzene rings is 3. The smallest absolute Gasteiger partial charge is 0.211 e. The third kappa shape index (κ3) is 5.70. The Morgan fingerprint density at radius 3 is 1.97 bits per heavy atom. The van der Waals surface area contributed by atoms with Gasteiger partial charge in [0.05, 0.1) is 12.0 Å². The highest BCUT2D eigenvalue weighted by Crippen LogP contribution is 2.41. The Balaban J connectivity index is 1.46. The van der Waals surface area contributed by atoms with Crippen molar-refractivity contribution in [2.24, 2.45) is 5.92 Å². The summed E-state index contributed by atoms with van der Waals surface area (Å²) < 4.78 is 13.7. The van der Waals surface area contributed by atoms with Gasteiger partial charge in [0.25, 0.3) is 0 Å². The van der Waals surface area contributed by atoms with Crippen LogP contribution in [0.1, 0.15) is 105 Å². The summed E-state index contributed by atoms with van der Waals surface area (Å²) in [6.45, 7) is 6.92. The fraction of sp³-hybridized carbons (Fsp3) is 0.471. The molecule has 0 aliphatic heterocycles. The van der Waals surface area contributed by atoms with Gasteiger partial charge in [-0.3, -0.25) is 0 Å². The topological polar surface area (TPSA) is 18.5 Å². The molecule has 2 unspecified atom stereocenters. The largest absolute Gasteiger partial charge is 0.464 e. The molecule has 2 aliphatic rings. The molecule has 190 valence electrons. The van der Waals surface area contributed by atoms with Crippen molar-refractivity contribution < 1.29 is 9.47 Å². The molecule has 2 heteroatoms. The van der Waals surface area contributed by atoms with Gasteiger partial charge in [0.1, 0.15) is 5.75 Å². The average Bonchev–Trinajstić information content (AvgIpc) is 2.91. The average molecular weight is 483 g/mol. The van der Waals surface area contributed by atoms with Crippen molar-refractivity contribution in [3.05, 3.63) is 101 Å². The molecule has 3 aromatic carbocycles. The molecule has 0 saturated heterocycles. The van der Waals surface area contributed by atoms with Gasteiger partial charge >= 0.3 is 0 Å². The van der Waals surface area contributed by atoms with Gasteiger partial charge in [-0.25, -0.2) is 0 Å². The summed E-state index contributed by atoms with van der Waals surface area (Å²) in [5.41, 5.74) is 6.87. The Morgan fingerprint density at radius 2 is 1.39 bits per heavy atom. The van der Waals surface area contributed by atoms with Crippen molar-refractivity contribution in [1.29, 1.82) is 0 Å². The van der Waals surface area contributed by atoms with E-state index in [0.29, 0.717) is 11.8 Å². The zero-order valence-electron chi connectivity index (χ0n) is 22.3. The van der Waals surface area contributed by atoms with Crippen LogP contribution in [0, 0.1) is 5.92 Å². The fourth-order valence-corrected chi connectivity index (χ4v) is 6.29. The highest BCUT2D eigenvalue weighted by Gasteiger charge is 2.35. The van der Waals surface area contributed by atoms with E-state index >= 15 is 0 Å². The Kier molecular flexibility index (Phi) is 8.12. The van der Waals surface area contributed by atoms with Crippen LogP contribution in [0.3, 0.4) is 0 Å². The van der Waals surface area contributed by atoms with E-state index in [9.17, 15) is 0 Å². The third-order valence-electron chi connectivity index (χ3n) is 8.16. The van der Waals surface area contributed by atoms with E-state index < -0.39 is 0 Å². The van der Waals surface area contributed by atoms with E-state index in [1.807, 2.05) is 0 Å². The van der Waals surface area contributed by atoms with E-state index in [4.69, 9.17) is 9.47 Å². The summed E-state index contributed by atoms with van der Waals surface area (Å²) in [5.74, 6) is 2.27. The van der Waals surface area contributed by atoms with E-state index in [-0.39, 0.29) is 18.3 Å². The van der Waals surface area contributed by atoms with Crippen molar-refractivity contribution >= 4 is 0 Å². The van der Waals surface area contributed by atoms with Crippen LogP contribution >= 0.6 is 0 Å². The lowest BCUT2D eigenvalue weighted by molar-refractivity contribution is -0.135. The predicted octanol–water partition coefficient (Wildman–Crippen LogP) is 9.02. The van der Waals surface area contributed by atoms with Crippen LogP contribution in [0.15, 0.2) is 72.8 Å². The molecular weight excluding hydrogens is 440 g/mol. The van der Waals surface area contributed by atoms with Crippen molar-refractivity contribution in [3.63, 3.8) is 0 Å². The first-order valence-corrected chi connectivity index (χ1v) is 14.2. The van der Waals surface area contributed by atoms with Crippen LogP contribution in [0.25, 0.3) is 0 Å². The van der Waals surface area contributed by atoms with E-state index in [2.05, 4.69) is 93.6 Å². The molecule has 0 aromatic heterocycles. The second-order valence-corrected chi connectivity index (χ2v) is 11.2. The number of ether oxygens (including phenoxy) is 2. The Hall–Kier alpha value is -2.58. The van der Waals surface area contributed by atoms with Crippen LogP contribution in [-0.2, 0) is 11.2 Å². The summed E-state index contributed by atoms with van der Waals surface area (Å²) in [4.78, 5) is 0. The standard InChI is InChI=1S/C34H42O2/c1-4-25(22-24(2)3)26-18-20-30(21-19-26)36-34(35-29-14-6-5-7-15-29)33-31-16-10-8-12-27(31)23-28-13-9-11-17-32(28)33/h8-13,16-21,24-25,29,33-34H,4-7,14-15,22-23H2,1-3H3. The number of hydrogen-bond donors (Lipinski definition) is 0. The molecule has 36 heavy (non-hydrogen) atoms. The monoisotopic (exact) mass is 482 g/mol. The van der Waals surface area contributed by atoms with Crippen molar-refractivity contribution in [2.75, 3.05) is 0 Å². The predicted molar refractivity (Wildman–Crippen MR) is 149 cm³/mol. The molecule has 0 heterocycles. The summed E-state index contributed by atoms with van der Waals surface area (Å²) in [7, 11) is 0. The first-order valence-electron chi connectivity index (χ1n) is 14.2. The van der Waals surface area contributed by atoms with Crippen LogP contribution in [0.5, 0.6) is 5.75 Å². The lowest BCUT2D eigenvalue weighted by Gasteiger charge is -2.37. The molecule has 0 spiro atoms. The van der Waals surface area contributed by atoms with Gasteiger partial charge < -0.3 is 9.47 Å². The normalized spacial score (nSPS) is 17.9. The number of rotatable bonds is 9. The Bertz CT molecular complexity index is 1060. The molecule has 3 aromatic rings. The van der Waals surface area contributed by atoms with Gasteiger partial charge in [-0.15, -0.1) is 0 Å². The van der Waals surface area contributed by atoms with Gasteiger partial charge in [-0.1, -0.05) is 101 Å². The Labute approximate surface area is 218 Å². The first-order chi connectivity index (χ1) is 17.6. The minimum absolute atomic E-state index is 0.0667. The molecule has 0 amide bonds. The Morgan fingerprint density at radius 1 is 0.778 bits per heavy atom. The van der Waals surface area contributed by atoms with Gasteiger partial charge in [0.15, 0.2) is 0 Å². The molecule has 2 nitrogen and oxygen atoms in total. The highest BCUT2D eigenvalue weighted by molar-refractivity contribution is 5.49. The second-order valence-electron chi connectivity index (χ2n) is 11.2. The lowest BCUT2D eigenvalue weighted by Crippen LogP contribution is -2.36. The van der Waals surface area contributed by atoms with Crippen LogP contribution < -0.4 is 4.74 Å². The fourth-order valence-electron chi connectivity index (χ4n) is 6.29. The van der Waals surface area contributed by atoms with Gasteiger partial charge in [-0.2, -0.15) is 0 Å². The molecule has 2 atom stereocenters. The zero-order valence-corrected chi connectivity index (χ0v) is 22.3. The zero-order chi connectivity index (χ0) is 24.9. The summed E-state index contributed by atoms with van der Waals surface area (Å²) in [6, 6.07) is 26.6. The SMILES string of the molecule is CCC(CC(C)C)c1ccc(OC(OC2CCCCC2)C2c3ccccc3Cc3ccccc32)cc1. The van der Waals surface area contributed by atoms with E-state index in [1.165, 1.54) is 59.9 Å². The molecule has 5 rings (SSSR count). The highest BCUT2D eigenvalue weighted by atomic mass is 16.7. The van der Waals surface area contributed by atoms with Gasteiger partial charge in [0.2, 0.25) is 6.29 Å². The van der Waals surface area contributed by atoms with Crippen molar-refractivity contribution in [3.8, 4) is 5.75 Å². The molecule has 2 aliphatic carbocycles. The molecule has 1 saturated carbocycles. The maximum absolute atomic E-state index is 6.88. The van der Waals surface area contributed by atoms with Crippen molar-refractivity contribution in [1.82, 2.24) is 0 Å². The number of hydrogen-bond acceptors (Lipinski definition) is 2. The third-order valence-corrected chi connectivity index (χ3v) is 8.16. The summed E-state index contributed by atoms with van der Waals surface area (Å²) in [6.07, 6.45) is 9.35. The lowest BCUT2D eigenvalue weighted by atomic mass is 9.77.